The van der Waals surface area contributed by atoms with E-state index in [0.717, 1.165) is 0 Å². The number of aliphatic carboxylic acids is 1. The highest BCUT2D eigenvalue weighted by molar-refractivity contribution is 7.92. The molecule has 5 nitrogen and oxygen atoms in total. The number of hydrogen-bond acceptors (Lipinski definition) is 4. The molecule has 0 aliphatic carbocycles. The molecule has 0 amide bonds. The highest BCUT2D eigenvalue weighted by atomic mass is 32.2. The topological polar surface area (TPSA) is 97.5 Å². The van der Waals surface area contributed by atoms with Crippen molar-refractivity contribution in [1.82, 2.24) is 0 Å². The number of sulfone groups is 1. The predicted octanol–water partition coefficient (Wildman–Crippen LogP) is 1.05. The molecule has 0 saturated carbocycles. The normalized spacial score (nSPS) is 12.4. The Balaban J connectivity index is 3.02. The third kappa shape index (κ3) is 2.76. The smallest absolute Gasteiger partial charge is 0.324 e. The summed E-state index contributed by atoms with van der Waals surface area (Å²) in [7, 11) is -3.77. The zero-order chi connectivity index (χ0) is 13.3. The fourth-order valence-corrected chi connectivity index (χ4v) is 2.40. The monoisotopic (exact) mass is 257 g/mol. The Bertz CT molecular complexity index is 517. The van der Waals surface area contributed by atoms with Gasteiger partial charge in [0, 0.05) is 5.69 Å². The number of nitrogen functional groups attached to an aromatic ring is 1. The van der Waals surface area contributed by atoms with Gasteiger partial charge in [-0.25, -0.2) is 8.42 Å². The van der Waals surface area contributed by atoms with Crippen LogP contribution in [0.25, 0.3) is 0 Å². The minimum absolute atomic E-state index is 0.313. The number of carboxylic acid groups (broad SMARTS) is 1. The maximum Gasteiger partial charge on any atom is 0.324 e. The van der Waals surface area contributed by atoms with Crippen molar-refractivity contribution < 1.29 is 18.3 Å². The Morgan fingerprint density at radius 1 is 1.29 bits per heavy atom. The van der Waals surface area contributed by atoms with E-state index in [4.69, 9.17) is 10.8 Å². The molecule has 6 heteroatoms. The summed E-state index contributed by atoms with van der Waals surface area (Å²) in [5, 5.41) is 8.90. The van der Waals surface area contributed by atoms with Crippen LogP contribution in [0.2, 0.25) is 0 Å². The lowest BCUT2D eigenvalue weighted by molar-refractivity contribution is -0.139. The van der Waals surface area contributed by atoms with Crippen molar-refractivity contribution in [3.05, 3.63) is 29.8 Å². The number of rotatable bonds is 4. The Labute approximate surface area is 100 Å². The minimum atomic E-state index is -3.77. The molecule has 0 bridgehead atoms. The first-order chi connectivity index (χ1) is 7.67. The molecule has 3 N–H and O–H groups in total. The van der Waals surface area contributed by atoms with Gasteiger partial charge in [0.05, 0.1) is 5.75 Å². The van der Waals surface area contributed by atoms with Crippen molar-refractivity contribution in [3.63, 3.8) is 0 Å². The van der Waals surface area contributed by atoms with E-state index in [1.807, 2.05) is 0 Å². The molecule has 0 radical (unpaired) electrons. The Morgan fingerprint density at radius 2 is 1.76 bits per heavy atom. The van der Waals surface area contributed by atoms with Crippen LogP contribution in [0.5, 0.6) is 0 Å². The Hall–Kier alpha value is -1.56. The van der Waals surface area contributed by atoms with Gasteiger partial charge >= 0.3 is 5.97 Å². The largest absolute Gasteiger partial charge is 0.480 e. The molecule has 0 spiro atoms. The molecule has 0 fully saturated rings. The van der Waals surface area contributed by atoms with E-state index < -0.39 is 20.6 Å². The van der Waals surface area contributed by atoms with Crippen LogP contribution < -0.4 is 5.73 Å². The Morgan fingerprint density at radius 3 is 2.18 bits per heavy atom. The summed E-state index contributed by atoms with van der Waals surface area (Å²) in [4.78, 5) is 10.9. The number of nitrogens with two attached hydrogens (primary N) is 1. The second-order valence-corrected chi connectivity index (χ2v) is 6.85. The average molecular weight is 257 g/mol. The van der Waals surface area contributed by atoms with Crippen LogP contribution in [0.3, 0.4) is 0 Å². The standard InChI is InChI=1S/C11H15NO4S/c1-11(2,10(13)14)17(15,16)7-8-3-5-9(12)6-4-8/h3-6H,7,12H2,1-2H3,(H,13,14). The van der Waals surface area contributed by atoms with Gasteiger partial charge in [-0.1, -0.05) is 12.1 Å². The van der Waals surface area contributed by atoms with E-state index in [0.29, 0.717) is 11.3 Å². The van der Waals surface area contributed by atoms with Crippen LogP contribution in [-0.2, 0) is 20.4 Å². The van der Waals surface area contributed by atoms with Gasteiger partial charge in [-0.05, 0) is 31.5 Å². The summed E-state index contributed by atoms with van der Waals surface area (Å²) in [5.41, 5.74) is 6.53. The van der Waals surface area contributed by atoms with Gasteiger partial charge in [0.2, 0.25) is 0 Å². The van der Waals surface area contributed by atoms with Crippen LogP contribution in [0, 0.1) is 0 Å². The van der Waals surface area contributed by atoms with Gasteiger partial charge in [-0.15, -0.1) is 0 Å². The fourth-order valence-electron chi connectivity index (χ4n) is 1.15. The lowest BCUT2D eigenvalue weighted by Gasteiger charge is -2.19. The van der Waals surface area contributed by atoms with Crippen LogP contribution >= 0.6 is 0 Å². The van der Waals surface area contributed by atoms with E-state index >= 15 is 0 Å². The molecule has 17 heavy (non-hydrogen) atoms. The minimum Gasteiger partial charge on any atom is -0.480 e. The Kier molecular flexibility index (Phi) is 3.47. The maximum absolute atomic E-state index is 11.9. The summed E-state index contributed by atoms with van der Waals surface area (Å²) < 4.78 is 22.1. The van der Waals surface area contributed by atoms with Gasteiger partial charge in [0.25, 0.3) is 0 Å². The first-order valence-electron chi connectivity index (χ1n) is 4.97. The van der Waals surface area contributed by atoms with Gasteiger partial charge in [-0.3, -0.25) is 4.79 Å². The summed E-state index contributed by atoms with van der Waals surface area (Å²) in [5.74, 6) is -1.67. The van der Waals surface area contributed by atoms with Crippen molar-refractivity contribution in [1.29, 1.82) is 0 Å². The lowest BCUT2D eigenvalue weighted by Crippen LogP contribution is -2.41. The number of carboxylic acids is 1. The molecule has 0 aliphatic rings. The quantitative estimate of drug-likeness (QED) is 0.786. The van der Waals surface area contributed by atoms with E-state index in [-0.39, 0.29) is 5.75 Å². The highest BCUT2D eigenvalue weighted by Gasteiger charge is 2.41. The number of carbonyl (C=O) groups is 1. The van der Waals surface area contributed by atoms with Crippen molar-refractivity contribution in [2.75, 3.05) is 5.73 Å². The number of anilines is 1. The zero-order valence-corrected chi connectivity index (χ0v) is 10.5. The van der Waals surface area contributed by atoms with E-state index in [1.165, 1.54) is 13.8 Å². The summed E-state index contributed by atoms with van der Waals surface area (Å²) in [6, 6.07) is 6.31. The van der Waals surface area contributed by atoms with E-state index in [1.54, 1.807) is 24.3 Å². The molecule has 0 unspecified atom stereocenters. The molecule has 94 valence electrons. The van der Waals surface area contributed by atoms with Gasteiger partial charge in [0.15, 0.2) is 14.6 Å². The van der Waals surface area contributed by atoms with Crippen molar-refractivity contribution >= 4 is 21.5 Å². The third-order valence-electron chi connectivity index (χ3n) is 2.63. The van der Waals surface area contributed by atoms with Gasteiger partial charge in [-0.2, -0.15) is 0 Å². The predicted molar refractivity (Wildman–Crippen MR) is 65.2 cm³/mol. The first-order valence-corrected chi connectivity index (χ1v) is 6.62. The lowest BCUT2D eigenvalue weighted by atomic mass is 10.2. The van der Waals surface area contributed by atoms with Crippen molar-refractivity contribution in [2.45, 2.75) is 24.3 Å². The molecular formula is C11H15NO4S. The molecule has 1 aromatic carbocycles. The molecule has 0 atom stereocenters. The molecule has 1 rings (SSSR count). The summed E-state index contributed by atoms with van der Waals surface area (Å²) >= 11 is 0. The number of benzene rings is 1. The van der Waals surface area contributed by atoms with Crippen molar-refractivity contribution in [2.24, 2.45) is 0 Å². The highest BCUT2D eigenvalue weighted by Crippen LogP contribution is 2.22. The average Bonchev–Trinajstić information content (AvgIpc) is 2.20. The summed E-state index contributed by atoms with van der Waals surface area (Å²) in [6.07, 6.45) is 0. The van der Waals surface area contributed by atoms with Gasteiger partial charge < -0.3 is 10.8 Å². The van der Waals surface area contributed by atoms with Crippen LogP contribution in [0.4, 0.5) is 5.69 Å². The number of hydrogen-bond donors (Lipinski definition) is 2. The van der Waals surface area contributed by atoms with Crippen LogP contribution in [0.15, 0.2) is 24.3 Å². The maximum atomic E-state index is 11.9. The summed E-state index contributed by atoms with van der Waals surface area (Å²) in [6.45, 7) is 2.37. The molecule has 1 aromatic rings. The zero-order valence-electron chi connectivity index (χ0n) is 9.67. The second kappa shape index (κ2) is 4.37. The first kappa shape index (κ1) is 13.5. The van der Waals surface area contributed by atoms with Crippen LogP contribution in [0.1, 0.15) is 19.4 Å². The van der Waals surface area contributed by atoms with Crippen LogP contribution in [-0.4, -0.2) is 24.2 Å². The second-order valence-electron chi connectivity index (χ2n) is 4.32. The van der Waals surface area contributed by atoms with E-state index in [9.17, 15) is 13.2 Å². The molecule has 0 aliphatic heterocycles. The molecule has 0 saturated heterocycles. The fraction of sp³-hybridized carbons (Fsp3) is 0.364. The third-order valence-corrected chi connectivity index (χ3v) is 5.07. The molecule has 0 aromatic heterocycles. The molecule has 0 heterocycles. The van der Waals surface area contributed by atoms with Crippen molar-refractivity contribution in [3.8, 4) is 0 Å². The molecular weight excluding hydrogens is 242 g/mol. The van der Waals surface area contributed by atoms with Gasteiger partial charge in [0.1, 0.15) is 0 Å². The van der Waals surface area contributed by atoms with E-state index in [2.05, 4.69) is 0 Å². The SMILES string of the molecule is CC(C)(C(=O)O)S(=O)(=O)Cc1ccc(N)cc1.